The van der Waals surface area contributed by atoms with Gasteiger partial charge in [0.2, 0.25) is 0 Å². The molecule has 0 aliphatic rings. The van der Waals surface area contributed by atoms with Crippen LogP contribution >= 0.6 is 34.0 Å². The fourth-order valence-corrected chi connectivity index (χ4v) is 8.68. The van der Waals surface area contributed by atoms with Gasteiger partial charge in [-0.15, -0.1) is 34.0 Å². The lowest BCUT2D eigenvalue weighted by atomic mass is 10.1. The molecule has 0 saturated heterocycles. The second-order valence-corrected chi connectivity index (χ2v) is 13.7. The van der Waals surface area contributed by atoms with Crippen molar-refractivity contribution in [3.63, 3.8) is 0 Å². The van der Waals surface area contributed by atoms with Crippen LogP contribution in [0.5, 0.6) is 0 Å². The average molecular weight is 556 g/mol. The molecule has 0 unspecified atom stereocenters. The highest BCUT2D eigenvalue weighted by atomic mass is 32.1. The van der Waals surface area contributed by atoms with Crippen molar-refractivity contribution in [1.82, 2.24) is 9.13 Å². The Labute approximate surface area is 235 Å². The van der Waals surface area contributed by atoms with E-state index in [0.717, 1.165) is 35.7 Å². The van der Waals surface area contributed by atoms with Crippen molar-refractivity contribution in [3.8, 4) is 6.07 Å². The van der Waals surface area contributed by atoms with Crippen LogP contribution in [-0.2, 0) is 13.1 Å². The largest absolute Gasteiger partial charge is 0.337 e. The van der Waals surface area contributed by atoms with E-state index in [0.29, 0.717) is 17.5 Å². The maximum atomic E-state index is 9.29. The van der Waals surface area contributed by atoms with Gasteiger partial charge in [0, 0.05) is 22.8 Å². The van der Waals surface area contributed by atoms with Gasteiger partial charge in [-0.2, -0.15) is 0 Å². The molecule has 0 amide bonds. The molecule has 0 aliphatic carbocycles. The molecule has 5 aromatic heterocycles. The minimum absolute atomic E-state index is 0.117. The van der Waals surface area contributed by atoms with Crippen LogP contribution in [0.1, 0.15) is 57.2 Å². The number of fused-ring (bicyclic) bond motifs is 7. The van der Waals surface area contributed by atoms with E-state index in [1.54, 1.807) is 28.7 Å². The topological polar surface area (TPSA) is 42.4 Å². The molecule has 0 N–H and O–H groups in total. The van der Waals surface area contributed by atoms with Crippen molar-refractivity contribution in [2.75, 3.05) is 0 Å². The van der Waals surface area contributed by atoms with E-state index in [1.807, 2.05) is 30.4 Å². The highest BCUT2D eigenvalue weighted by Gasteiger charge is 2.25. The maximum absolute atomic E-state index is 9.29. The summed E-state index contributed by atoms with van der Waals surface area (Å²) in [7, 11) is 0. The van der Waals surface area contributed by atoms with Crippen LogP contribution in [0.3, 0.4) is 0 Å². The van der Waals surface area contributed by atoms with Crippen molar-refractivity contribution in [1.29, 1.82) is 5.26 Å². The highest BCUT2D eigenvalue weighted by Crippen LogP contribution is 2.49. The number of hydrogen-bond acceptors (Lipinski definition) is 4. The Hall–Kier alpha value is -3.35. The van der Waals surface area contributed by atoms with Crippen molar-refractivity contribution in [2.45, 2.75) is 60.5 Å². The molecule has 8 heteroatoms. The molecule has 0 aliphatic heterocycles. The first-order valence-electron chi connectivity index (χ1n) is 12.8. The summed E-state index contributed by atoms with van der Waals surface area (Å²) in [6.07, 6.45) is 5.88. The summed E-state index contributed by atoms with van der Waals surface area (Å²) < 4.78 is 10.2. The summed E-state index contributed by atoms with van der Waals surface area (Å²) in [6, 6.07) is 6.41. The van der Waals surface area contributed by atoms with Gasteiger partial charge in [-0.25, -0.2) is 15.0 Å². The summed E-state index contributed by atoms with van der Waals surface area (Å²) in [5.74, 6) is 1.18. The van der Waals surface area contributed by atoms with Crippen LogP contribution in [0.2, 0.25) is 0 Å². The summed E-state index contributed by atoms with van der Waals surface area (Å²) in [5, 5.41) is 9.29. The van der Waals surface area contributed by atoms with Crippen molar-refractivity contribution in [3.05, 3.63) is 56.1 Å². The Kier molecular flexibility index (Phi) is 7.21. The minimum atomic E-state index is 0.117. The van der Waals surface area contributed by atoms with Crippen LogP contribution < -0.4 is 0 Å². The fraction of sp³-hybridized carbons (Fsp3) is 0.367. The third-order valence-corrected chi connectivity index (χ3v) is 10.4. The Bertz CT molecular complexity index is 1860. The number of nitrogens with zero attached hydrogens (tertiary/aromatic N) is 5. The molecule has 0 bridgehead atoms. The van der Waals surface area contributed by atoms with Crippen LogP contribution in [0.4, 0.5) is 0 Å². The van der Waals surface area contributed by atoms with Gasteiger partial charge in [-0.1, -0.05) is 27.7 Å². The summed E-state index contributed by atoms with van der Waals surface area (Å²) >= 11 is 5.32. The molecule has 38 heavy (non-hydrogen) atoms. The smallest absolute Gasteiger partial charge is 0.263 e. The number of allylic oxidation sites excluding steroid dienone is 2. The van der Waals surface area contributed by atoms with Crippen molar-refractivity contribution in [2.24, 2.45) is 11.8 Å². The summed E-state index contributed by atoms with van der Waals surface area (Å²) in [4.78, 5) is 9.03. The van der Waals surface area contributed by atoms with Gasteiger partial charge in [0.25, 0.3) is 5.70 Å². The Balaban J connectivity index is 1.83. The van der Waals surface area contributed by atoms with E-state index in [4.69, 9.17) is 13.1 Å². The molecular weight excluding hydrogens is 527 g/mol. The van der Waals surface area contributed by atoms with Crippen LogP contribution in [0.15, 0.2) is 23.5 Å². The van der Waals surface area contributed by atoms with E-state index in [1.165, 1.54) is 40.9 Å². The predicted molar refractivity (Wildman–Crippen MR) is 165 cm³/mol. The van der Waals surface area contributed by atoms with Gasteiger partial charge in [0.1, 0.15) is 0 Å². The zero-order chi connectivity index (χ0) is 27.1. The third kappa shape index (κ3) is 4.56. The quantitative estimate of drug-likeness (QED) is 0.139. The zero-order valence-corrected chi connectivity index (χ0v) is 24.7. The maximum Gasteiger partial charge on any atom is 0.263 e. The lowest BCUT2D eigenvalue weighted by molar-refractivity contribution is 0.527. The number of aryl methyl sites for hydroxylation is 2. The molecule has 0 spiro atoms. The zero-order valence-electron chi connectivity index (χ0n) is 22.3. The molecule has 0 radical (unpaired) electrons. The molecule has 192 valence electrons. The number of aromatic nitrogens is 2. The van der Waals surface area contributed by atoms with E-state index >= 15 is 0 Å². The number of rotatable bonds is 8. The average Bonchev–Trinajstić information content (AvgIpc) is 3.65. The number of hydrogen-bond donors (Lipinski definition) is 0. The molecule has 0 aromatic carbocycles. The molecule has 0 atom stereocenters. The molecule has 5 heterocycles. The SMILES string of the molecule is [C-]#[N+]/C(C)=C\c1cc2c(s1)c1sc3c4sc(/C=C(\C#N)[N+]#[C-])cc4n(CCC(C)C)c3c1n2CCC(C)C. The summed E-state index contributed by atoms with van der Waals surface area (Å²) in [5.41, 5.74) is 5.92. The molecular formula is C30H29N5S3. The molecule has 5 aromatic rings. The second-order valence-electron chi connectivity index (χ2n) is 10.5. The fourth-order valence-electron chi connectivity index (χ4n) is 4.83. The van der Waals surface area contributed by atoms with Crippen LogP contribution in [0.25, 0.3) is 62.7 Å². The molecule has 0 fully saturated rings. The lowest BCUT2D eigenvalue weighted by Crippen LogP contribution is -2.04. The lowest BCUT2D eigenvalue weighted by Gasteiger charge is -2.12. The number of thiophene rings is 3. The normalized spacial score (nSPS) is 12.9. The number of nitriles is 1. The van der Waals surface area contributed by atoms with Crippen molar-refractivity contribution < 1.29 is 0 Å². The highest BCUT2D eigenvalue weighted by molar-refractivity contribution is 7.34. The first-order chi connectivity index (χ1) is 18.2. The predicted octanol–water partition coefficient (Wildman–Crippen LogP) is 10.2. The standard InChI is InChI=1S/C30H29N5S3/c1-17(2)8-10-34-23-14-21(12-19(5)32-6)36-27(23)29-25(34)26-30(38-29)28-24(35(26)11-9-18(3)4)15-22(37-28)13-20(16-31)33-7/h12-15,17-18H,8-11H2,1-5H3/b19-12-,20-13+. The van der Waals surface area contributed by atoms with Gasteiger partial charge < -0.3 is 9.13 Å². The third-order valence-electron chi connectivity index (χ3n) is 6.76. The van der Waals surface area contributed by atoms with E-state index < -0.39 is 0 Å². The van der Waals surface area contributed by atoms with Crippen LogP contribution in [-0.4, -0.2) is 9.13 Å². The molecule has 0 saturated carbocycles. The van der Waals surface area contributed by atoms with Gasteiger partial charge in [-0.3, -0.25) is 0 Å². The van der Waals surface area contributed by atoms with E-state index in [-0.39, 0.29) is 5.70 Å². The van der Waals surface area contributed by atoms with E-state index in [2.05, 4.69) is 58.7 Å². The van der Waals surface area contributed by atoms with Gasteiger partial charge >= 0.3 is 0 Å². The molecule has 5 nitrogen and oxygen atoms in total. The Morgan fingerprint density at radius 3 is 1.76 bits per heavy atom. The van der Waals surface area contributed by atoms with Gasteiger partial charge in [-0.05, 0) is 55.9 Å². The first-order valence-corrected chi connectivity index (χ1v) is 15.3. The molecule has 5 rings (SSSR count). The Morgan fingerprint density at radius 2 is 1.34 bits per heavy atom. The van der Waals surface area contributed by atoms with E-state index in [9.17, 15) is 5.26 Å². The monoisotopic (exact) mass is 555 g/mol. The second kappa shape index (κ2) is 10.4. The van der Waals surface area contributed by atoms with Crippen molar-refractivity contribution >= 4 is 87.0 Å². The Morgan fingerprint density at radius 1 is 0.842 bits per heavy atom. The summed E-state index contributed by atoms with van der Waals surface area (Å²) in [6.45, 7) is 27.5. The first kappa shape index (κ1) is 26.3. The van der Waals surface area contributed by atoms with Crippen LogP contribution in [0, 0.1) is 36.3 Å². The minimum Gasteiger partial charge on any atom is -0.337 e. The van der Waals surface area contributed by atoms with Gasteiger partial charge in [0.05, 0.1) is 60.1 Å². The van der Waals surface area contributed by atoms with Gasteiger partial charge in [0.15, 0.2) is 5.70 Å².